The minimum atomic E-state index is -0.900. The van der Waals surface area contributed by atoms with Crippen molar-refractivity contribution in [3.05, 3.63) is 61.9 Å². The van der Waals surface area contributed by atoms with Gasteiger partial charge in [0.2, 0.25) is 0 Å². The fourth-order valence-corrected chi connectivity index (χ4v) is 1.54. The topological polar surface area (TPSA) is 161 Å². The zero-order chi connectivity index (χ0) is 17.0. The van der Waals surface area contributed by atoms with Crippen LogP contribution in [0.15, 0.2) is 39.9 Å². The minimum absolute atomic E-state index is 0.0141. The maximum atomic E-state index is 11.8. The van der Waals surface area contributed by atoms with E-state index in [9.17, 15) is 30.1 Å². The van der Waals surface area contributed by atoms with Gasteiger partial charge in [0.05, 0.1) is 22.8 Å². The highest BCUT2D eigenvalue weighted by Crippen LogP contribution is 2.22. The number of amides is 1. The Bertz CT molecular complexity index is 811. The van der Waals surface area contributed by atoms with Gasteiger partial charge in [0.15, 0.2) is 5.76 Å². The molecule has 11 nitrogen and oxygen atoms in total. The minimum Gasteiger partial charge on any atom is -0.507 e. The normalized spacial score (nSPS) is 10.6. The number of benzene rings is 1. The van der Waals surface area contributed by atoms with Crippen molar-refractivity contribution in [3.8, 4) is 5.75 Å². The summed E-state index contributed by atoms with van der Waals surface area (Å²) in [4.78, 5) is 31.4. The van der Waals surface area contributed by atoms with Crippen LogP contribution in [0.2, 0.25) is 0 Å². The average Bonchev–Trinajstić information content (AvgIpc) is 2.96. The quantitative estimate of drug-likeness (QED) is 0.480. The molecule has 23 heavy (non-hydrogen) atoms. The summed E-state index contributed by atoms with van der Waals surface area (Å²) in [6.45, 7) is 0. The predicted octanol–water partition coefficient (Wildman–Crippen LogP) is 1.57. The number of non-ortho nitro benzene ring substituents is 1. The molecule has 2 aromatic rings. The van der Waals surface area contributed by atoms with Gasteiger partial charge < -0.3 is 9.52 Å². The number of phenols is 1. The number of furan rings is 1. The van der Waals surface area contributed by atoms with Crippen LogP contribution in [0.1, 0.15) is 16.1 Å². The highest BCUT2D eigenvalue weighted by Gasteiger charge is 2.16. The summed E-state index contributed by atoms with van der Waals surface area (Å²) in [5.74, 6) is -1.84. The SMILES string of the molecule is O=C(NN=Cc1ccc([N+](=O)[O-])o1)c1cc([N+](=O)[O-])ccc1O. The summed E-state index contributed by atoms with van der Waals surface area (Å²) in [6, 6.07) is 5.30. The largest absolute Gasteiger partial charge is 0.507 e. The van der Waals surface area contributed by atoms with Gasteiger partial charge >= 0.3 is 5.88 Å². The highest BCUT2D eigenvalue weighted by atomic mass is 16.6. The lowest BCUT2D eigenvalue weighted by Crippen LogP contribution is -2.17. The van der Waals surface area contributed by atoms with Crippen LogP contribution in [0.3, 0.4) is 0 Å². The Morgan fingerprint density at radius 2 is 1.96 bits per heavy atom. The van der Waals surface area contributed by atoms with Gasteiger partial charge in [-0.3, -0.25) is 25.0 Å². The molecule has 0 fully saturated rings. The molecule has 0 radical (unpaired) electrons. The molecular formula is C12H8N4O7. The molecule has 0 saturated heterocycles. The van der Waals surface area contributed by atoms with Crippen molar-refractivity contribution in [1.82, 2.24) is 5.43 Å². The van der Waals surface area contributed by atoms with Crippen LogP contribution in [0.4, 0.5) is 11.6 Å². The van der Waals surface area contributed by atoms with Crippen molar-refractivity contribution in [2.45, 2.75) is 0 Å². The lowest BCUT2D eigenvalue weighted by Gasteiger charge is -2.02. The molecule has 0 aliphatic heterocycles. The van der Waals surface area contributed by atoms with E-state index in [1.165, 1.54) is 6.07 Å². The van der Waals surface area contributed by atoms with E-state index in [0.29, 0.717) is 0 Å². The van der Waals surface area contributed by atoms with Crippen LogP contribution >= 0.6 is 0 Å². The monoisotopic (exact) mass is 320 g/mol. The van der Waals surface area contributed by atoms with Crippen LogP contribution in [-0.4, -0.2) is 27.1 Å². The second-order valence-corrected chi connectivity index (χ2v) is 4.09. The van der Waals surface area contributed by atoms with E-state index >= 15 is 0 Å². The van der Waals surface area contributed by atoms with Crippen molar-refractivity contribution in [1.29, 1.82) is 0 Å². The Hall–Kier alpha value is -3.76. The molecule has 0 unspecified atom stereocenters. The van der Waals surface area contributed by atoms with Crippen molar-refractivity contribution < 1.29 is 24.2 Å². The van der Waals surface area contributed by atoms with Gasteiger partial charge in [0.1, 0.15) is 10.7 Å². The van der Waals surface area contributed by atoms with Crippen LogP contribution in [-0.2, 0) is 0 Å². The standard InChI is InChI=1S/C12H8N4O7/c17-10-3-1-7(15(19)20)5-9(10)12(18)14-13-6-8-2-4-11(23-8)16(21)22/h1-6,17H,(H,14,18). The molecule has 1 heterocycles. The number of rotatable bonds is 5. The molecule has 0 aliphatic rings. The summed E-state index contributed by atoms with van der Waals surface area (Å²) in [7, 11) is 0. The summed E-state index contributed by atoms with van der Waals surface area (Å²) < 4.78 is 4.77. The highest BCUT2D eigenvalue weighted by molar-refractivity contribution is 5.97. The fourth-order valence-electron chi connectivity index (χ4n) is 1.54. The Morgan fingerprint density at radius 3 is 2.57 bits per heavy atom. The number of hydrogen-bond acceptors (Lipinski definition) is 8. The lowest BCUT2D eigenvalue weighted by atomic mass is 10.1. The molecule has 0 bridgehead atoms. The first-order valence-corrected chi connectivity index (χ1v) is 5.93. The second-order valence-electron chi connectivity index (χ2n) is 4.09. The first kappa shape index (κ1) is 15.6. The average molecular weight is 320 g/mol. The number of hydrogen-bond donors (Lipinski definition) is 2. The molecule has 11 heteroatoms. The zero-order valence-electron chi connectivity index (χ0n) is 11.2. The third-order valence-corrected chi connectivity index (χ3v) is 2.59. The van der Waals surface area contributed by atoms with E-state index in [0.717, 1.165) is 30.5 Å². The first-order chi connectivity index (χ1) is 10.9. The Morgan fingerprint density at radius 1 is 1.22 bits per heavy atom. The number of carbonyl (C=O) groups is 1. The number of carbonyl (C=O) groups excluding carboxylic acids is 1. The fraction of sp³-hybridized carbons (Fsp3) is 0. The molecule has 1 aromatic carbocycles. The summed E-state index contributed by atoms with van der Waals surface area (Å²) in [5.41, 5.74) is 1.29. The number of nitrogens with zero attached hydrogens (tertiary/aromatic N) is 3. The summed E-state index contributed by atoms with van der Waals surface area (Å²) >= 11 is 0. The molecule has 118 valence electrons. The molecule has 2 rings (SSSR count). The molecule has 0 aliphatic carbocycles. The third-order valence-electron chi connectivity index (χ3n) is 2.59. The van der Waals surface area contributed by atoms with Crippen LogP contribution in [0, 0.1) is 20.2 Å². The van der Waals surface area contributed by atoms with Crippen molar-refractivity contribution in [3.63, 3.8) is 0 Å². The Labute approximate surface area is 127 Å². The van der Waals surface area contributed by atoms with E-state index < -0.39 is 27.4 Å². The maximum absolute atomic E-state index is 11.8. The number of aromatic hydroxyl groups is 1. The van der Waals surface area contributed by atoms with Crippen molar-refractivity contribution in [2.24, 2.45) is 5.10 Å². The smallest absolute Gasteiger partial charge is 0.433 e. The van der Waals surface area contributed by atoms with Crippen molar-refractivity contribution >= 4 is 23.7 Å². The van der Waals surface area contributed by atoms with Gasteiger partial charge in [-0.1, -0.05) is 0 Å². The summed E-state index contributed by atoms with van der Waals surface area (Å²) in [5, 5.41) is 34.1. The van der Waals surface area contributed by atoms with E-state index in [1.54, 1.807) is 0 Å². The third kappa shape index (κ3) is 3.66. The van der Waals surface area contributed by atoms with Gasteiger partial charge in [-0.25, -0.2) is 5.43 Å². The zero-order valence-corrected chi connectivity index (χ0v) is 11.2. The molecular weight excluding hydrogens is 312 g/mol. The Kier molecular flexibility index (Phi) is 4.31. The van der Waals surface area contributed by atoms with Gasteiger partial charge in [-0.2, -0.15) is 5.10 Å². The molecule has 0 saturated carbocycles. The number of phenolic OH excluding ortho intramolecular Hbond substituents is 1. The molecule has 2 N–H and O–H groups in total. The van der Waals surface area contributed by atoms with Crippen LogP contribution in [0.25, 0.3) is 0 Å². The molecule has 0 spiro atoms. The van der Waals surface area contributed by atoms with Crippen LogP contribution in [0.5, 0.6) is 5.75 Å². The molecule has 1 aromatic heterocycles. The number of nitrogens with one attached hydrogen (secondary N) is 1. The summed E-state index contributed by atoms with van der Waals surface area (Å²) in [6.07, 6.45) is 0.999. The van der Waals surface area contributed by atoms with E-state index in [1.807, 2.05) is 5.43 Å². The Balaban J connectivity index is 2.09. The van der Waals surface area contributed by atoms with Crippen molar-refractivity contribution in [2.75, 3.05) is 0 Å². The van der Waals surface area contributed by atoms with Crippen LogP contribution < -0.4 is 5.43 Å². The molecule has 1 amide bonds. The molecule has 0 atom stereocenters. The predicted molar refractivity (Wildman–Crippen MR) is 75.2 cm³/mol. The van der Waals surface area contributed by atoms with Gasteiger partial charge in [-0.15, -0.1) is 0 Å². The van der Waals surface area contributed by atoms with Gasteiger partial charge in [0.25, 0.3) is 11.6 Å². The maximum Gasteiger partial charge on any atom is 0.433 e. The second kappa shape index (κ2) is 6.34. The van der Waals surface area contributed by atoms with E-state index in [-0.39, 0.29) is 17.0 Å². The number of nitro groups is 2. The van der Waals surface area contributed by atoms with E-state index in [2.05, 4.69) is 5.10 Å². The number of hydrazone groups is 1. The van der Waals surface area contributed by atoms with E-state index in [4.69, 9.17) is 4.42 Å². The first-order valence-electron chi connectivity index (χ1n) is 5.93. The number of nitro benzene ring substituents is 1. The lowest BCUT2D eigenvalue weighted by molar-refractivity contribution is -0.402. The van der Waals surface area contributed by atoms with Gasteiger partial charge in [-0.05, 0) is 12.1 Å². The van der Waals surface area contributed by atoms with Gasteiger partial charge in [0, 0.05) is 12.1 Å².